The highest BCUT2D eigenvalue weighted by Gasteiger charge is 2.40. The van der Waals surface area contributed by atoms with E-state index in [1.165, 1.54) is 31.2 Å². The van der Waals surface area contributed by atoms with Gasteiger partial charge in [0.2, 0.25) is 5.71 Å². The van der Waals surface area contributed by atoms with Gasteiger partial charge in [0.05, 0.1) is 16.8 Å². The fourth-order valence-electron chi connectivity index (χ4n) is 2.44. The van der Waals surface area contributed by atoms with Crippen molar-refractivity contribution in [2.45, 2.75) is 26.7 Å². The highest BCUT2D eigenvalue weighted by atomic mass is 16.8. The van der Waals surface area contributed by atoms with E-state index in [9.17, 15) is 24.9 Å². The third-order valence-electron chi connectivity index (χ3n) is 3.43. The zero-order valence-corrected chi connectivity index (χ0v) is 12.3. The van der Waals surface area contributed by atoms with Crippen molar-refractivity contribution in [1.82, 2.24) is 0 Å². The molecule has 1 rings (SSSR count). The minimum absolute atomic E-state index is 0.0234. The lowest BCUT2D eigenvalue weighted by Gasteiger charge is -2.20. The van der Waals surface area contributed by atoms with Crippen LogP contribution in [0.3, 0.4) is 0 Å². The number of nitrogens with zero attached hydrogens (tertiary/aromatic N) is 2. The standard InChI is InChI=1S/C14H16N2O6/c1-8(15(19)20)13(14(9(2)17)10(3)18)11-6-4-5-7-12(11)16(21)22/h4-7,13-14H,1-3H3,(H,19,20). The maximum atomic E-state index is 11.8. The van der Waals surface area contributed by atoms with E-state index < -0.39 is 33.2 Å². The van der Waals surface area contributed by atoms with E-state index in [0.29, 0.717) is 0 Å². The van der Waals surface area contributed by atoms with Gasteiger partial charge in [0, 0.05) is 23.5 Å². The molecule has 1 unspecified atom stereocenters. The molecule has 0 aliphatic carbocycles. The van der Waals surface area contributed by atoms with E-state index in [2.05, 4.69) is 0 Å². The topological polar surface area (TPSA) is 124 Å². The van der Waals surface area contributed by atoms with Crippen LogP contribution in [0.25, 0.3) is 0 Å². The molecule has 0 fully saturated rings. The number of Topliss-reactive ketones (excluding diaryl/α,β-unsaturated/α-hetero) is 2. The average Bonchev–Trinajstić information content (AvgIpc) is 2.42. The molecule has 118 valence electrons. The second-order valence-electron chi connectivity index (χ2n) is 4.91. The van der Waals surface area contributed by atoms with Crippen LogP contribution in [0.5, 0.6) is 0 Å². The van der Waals surface area contributed by atoms with E-state index in [1.807, 2.05) is 0 Å². The number of ketones is 2. The molecule has 0 heterocycles. The summed E-state index contributed by atoms with van der Waals surface area (Å²) in [4.78, 5) is 33.6. The molecule has 1 aromatic carbocycles. The monoisotopic (exact) mass is 308 g/mol. The molecule has 0 spiro atoms. The van der Waals surface area contributed by atoms with Gasteiger partial charge in [-0.25, -0.2) is 0 Å². The number of carbonyl (C=O) groups excluding carboxylic acids is 2. The van der Waals surface area contributed by atoms with Gasteiger partial charge >= 0.3 is 0 Å². The molecule has 0 aliphatic heterocycles. The van der Waals surface area contributed by atoms with Crippen LogP contribution in [0.2, 0.25) is 0 Å². The molecule has 0 bridgehead atoms. The lowest BCUT2D eigenvalue weighted by atomic mass is 9.78. The fraction of sp³-hybridized carbons (Fsp3) is 0.357. The van der Waals surface area contributed by atoms with Gasteiger partial charge in [-0.2, -0.15) is 0 Å². The molecule has 0 aliphatic rings. The third-order valence-corrected chi connectivity index (χ3v) is 3.43. The maximum absolute atomic E-state index is 11.8. The SMILES string of the molecule is CC(=O)C(C(C)=O)C(/C(C)=[N+](\[O-])O)c1ccccc1[N+](=O)[O-]. The van der Waals surface area contributed by atoms with Crippen molar-refractivity contribution >= 4 is 23.0 Å². The van der Waals surface area contributed by atoms with Crippen LogP contribution in [-0.2, 0) is 9.59 Å². The van der Waals surface area contributed by atoms with Crippen molar-refractivity contribution in [1.29, 1.82) is 0 Å². The van der Waals surface area contributed by atoms with Gasteiger partial charge in [-0.15, -0.1) is 0 Å². The van der Waals surface area contributed by atoms with Gasteiger partial charge in [0.25, 0.3) is 5.69 Å². The summed E-state index contributed by atoms with van der Waals surface area (Å²) in [6, 6.07) is 5.49. The second-order valence-corrected chi connectivity index (χ2v) is 4.91. The molecule has 0 saturated heterocycles. The normalized spacial score (nSPS) is 13.5. The van der Waals surface area contributed by atoms with Gasteiger partial charge in [0.1, 0.15) is 11.6 Å². The summed E-state index contributed by atoms with van der Waals surface area (Å²) < 4.78 is 0. The first-order valence-electron chi connectivity index (χ1n) is 6.42. The van der Waals surface area contributed by atoms with Gasteiger partial charge in [0.15, 0.2) is 0 Å². The van der Waals surface area contributed by atoms with E-state index in [-0.39, 0.29) is 17.0 Å². The minimum atomic E-state index is -1.29. The molecule has 0 radical (unpaired) electrons. The van der Waals surface area contributed by atoms with Gasteiger partial charge in [-0.3, -0.25) is 24.9 Å². The fourth-order valence-corrected chi connectivity index (χ4v) is 2.44. The van der Waals surface area contributed by atoms with Crippen LogP contribution < -0.4 is 0 Å². The smallest absolute Gasteiger partial charge is 0.273 e. The Bertz CT molecular complexity index is 634. The Hall–Kier alpha value is -2.77. The second kappa shape index (κ2) is 6.79. The number of para-hydroxylation sites is 1. The Morgan fingerprint density at radius 1 is 1.09 bits per heavy atom. The van der Waals surface area contributed by atoms with Crippen molar-refractivity contribution in [3.05, 3.63) is 45.2 Å². The number of hydrogen-bond donors (Lipinski definition) is 1. The average molecular weight is 308 g/mol. The van der Waals surface area contributed by atoms with Crippen molar-refractivity contribution in [2.75, 3.05) is 0 Å². The first-order valence-corrected chi connectivity index (χ1v) is 6.42. The van der Waals surface area contributed by atoms with Crippen LogP contribution in [0.1, 0.15) is 32.3 Å². The van der Waals surface area contributed by atoms with E-state index in [0.717, 1.165) is 13.8 Å². The molecular formula is C14H16N2O6. The predicted molar refractivity (Wildman–Crippen MR) is 76.8 cm³/mol. The van der Waals surface area contributed by atoms with E-state index in [1.54, 1.807) is 0 Å². The lowest BCUT2D eigenvalue weighted by molar-refractivity contribution is -0.727. The summed E-state index contributed by atoms with van der Waals surface area (Å²) in [5.41, 5.74) is -0.582. The molecule has 0 aromatic heterocycles. The molecule has 8 heteroatoms. The number of nitro benzene ring substituents is 1. The maximum Gasteiger partial charge on any atom is 0.273 e. The zero-order valence-electron chi connectivity index (χ0n) is 12.3. The first kappa shape index (κ1) is 17.3. The Labute approximate surface area is 126 Å². The van der Waals surface area contributed by atoms with Crippen molar-refractivity contribution in [3.8, 4) is 0 Å². The van der Waals surface area contributed by atoms with Gasteiger partial charge in [-0.05, 0) is 13.8 Å². The molecule has 8 nitrogen and oxygen atoms in total. The number of hydrogen-bond acceptors (Lipinski definition) is 6. The quantitative estimate of drug-likeness (QED) is 0.213. The van der Waals surface area contributed by atoms with Crippen LogP contribution in [0.15, 0.2) is 24.3 Å². The summed E-state index contributed by atoms with van der Waals surface area (Å²) in [5.74, 6) is -3.59. The molecule has 22 heavy (non-hydrogen) atoms. The summed E-state index contributed by atoms with van der Waals surface area (Å²) in [6.07, 6.45) is 0. The van der Waals surface area contributed by atoms with Gasteiger partial charge < -0.3 is 5.21 Å². The predicted octanol–water partition coefficient (Wildman–Crippen LogP) is 1.83. The van der Waals surface area contributed by atoms with Crippen molar-refractivity contribution in [3.63, 3.8) is 0 Å². The lowest BCUT2D eigenvalue weighted by Crippen LogP contribution is -2.34. The molecule has 0 amide bonds. The summed E-state index contributed by atoms with van der Waals surface area (Å²) in [5, 5.41) is 31.5. The number of benzene rings is 1. The van der Waals surface area contributed by atoms with Crippen molar-refractivity contribution in [2.24, 2.45) is 5.92 Å². The Balaban J connectivity index is 3.67. The Morgan fingerprint density at radius 3 is 2.00 bits per heavy atom. The molecule has 1 N–H and O–H groups in total. The zero-order chi connectivity index (χ0) is 17.0. The van der Waals surface area contributed by atoms with Crippen LogP contribution in [-0.4, -0.2) is 32.3 Å². The van der Waals surface area contributed by atoms with E-state index >= 15 is 0 Å². The van der Waals surface area contributed by atoms with E-state index in [4.69, 9.17) is 5.21 Å². The van der Waals surface area contributed by atoms with Crippen LogP contribution >= 0.6 is 0 Å². The number of carbonyl (C=O) groups is 2. The first-order chi connectivity index (χ1) is 10.2. The largest absolute Gasteiger partial charge is 0.418 e. The molecular weight excluding hydrogens is 292 g/mol. The Morgan fingerprint density at radius 2 is 1.59 bits per heavy atom. The minimum Gasteiger partial charge on any atom is -0.418 e. The highest BCUT2D eigenvalue weighted by molar-refractivity contribution is 6.06. The number of nitro groups is 1. The molecule has 0 saturated carbocycles. The Kier molecular flexibility index (Phi) is 5.33. The summed E-state index contributed by atoms with van der Waals surface area (Å²) in [7, 11) is 0. The van der Waals surface area contributed by atoms with Crippen LogP contribution in [0.4, 0.5) is 5.69 Å². The molecule has 1 aromatic rings. The molecule has 1 atom stereocenters. The van der Waals surface area contributed by atoms with Crippen LogP contribution in [0, 0.1) is 21.2 Å². The third kappa shape index (κ3) is 3.46. The van der Waals surface area contributed by atoms with Gasteiger partial charge in [-0.1, -0.05) is 18.2 Å². The van der Waals surface area contributed by atoms with Crippen molar-refractivity contribution < 1.29 is 24.6 Å². The number of rotatable bonds is 6. The summed E-state index contributed by atoms with van der Waals surface area (Å²) >= 11 is 0. The summed E-state index contributed by atoms with van der Waals surface area (Å²) in [6.45, 7) is 3.54. The highest BCUT2D eigenvalue weighted by Crippen LogP contribution is 2.34.